The molecule has 4 rings (SSSR count). The van der Waals surface area contributed by atoms with E-state index in [0.29, 0.717) is 0 Å². The molecule has 2 heterocycles. The van der Waals surface area contributed by atoms with Crippen LogP contribution in [0.25, 0.3) is 10.9 Å². The van der Waals surface area contributed by atoms with Crippen LogP contribution in [-0.2, 0) is 18.5 Å². The predicted octanol–water partition coefficient (Wildman–Crippen LogP) is 4.63. The molecule has 0 amide bonds. The molecule has 0 aliphatic carbocycles. The van der Waals surface area contributed by atoms with E-state index < -0.39 is 0 Å². The largest absolute Gasteiger partial charge is 0.357 e. The second-order valence-corrected chi connectivity index (χ2v) is 6.78. The summed E-state index contributed by atoms with van der Waals surface area (Å²) in [4.78, 5) is 6.14. The van der Waals surface area contributed by atoms with Crippen LogP contribution in [0.5, 0.6) is 0 Å². The molecule has 1 aliphatic rings. The van der Waals surface area contributed by atoms with Gasteiger partial charge in [-0.15, -0.1) is 6.58 Å². The molecule has 0 saturated carbocycles. The molecule has 0 radical (unpaired) electrons. The van der Waals surface area contributed by atoms with Gasteiger partial charge in [-0.3, -0.25) is 4.90 Å². The Morgan fingerprint density at radius 3 is 2.65 bits per heavy atom. The summed E-state index contributed by atoms with van der Waals surface area (Å²) in [5.74, 6) is 0. The fourth-order valence-corrected chi connectivity index (χ4v) is 3.91. The van der Waals surface area contributed by atoms with Crippen LogP contribution < -0.4 is 0 Å². The monoisotopic (exact) mass is 302 g/mol. The number of nitrogens with one attached hydrogen (secondary N) is 1. The van der Waals surface area contributed by atoms with Gasteiger partial charge in [0.15, 0.2) is 0 Å². The van der Waals surface area contributed by atoms with Gasteiger partial charge >= 0.3 is 0 Å². The van der Waals surface area contributed by atoms with Gasteiger partial charge in [0.25, 0.3) is 0 Å². The first-order chi connectivity index (χ1) is 11.2. The first-order valence-electron chi connectivity index (χ1n) is 8.19. The van der Waals surface area contributed by atoms with Crippen molar-refractivity contribution in [1.29, 1.82) is 0 Å². The maximum Gasteiger partial charge on any atom is 0.0459 e. The molecule has 1 N–H and O–H groups in total. The van der Waals surface area contributed by atoms with Gasteiger partial charge in [-0.25, -0.2) is 0 Å². The SMILES string of the molecule is C=C[C@@]1(C)CN(Cc2ccccc2)Cc2[nH]c3ccccc3c21. The Labute approximate surface area is 137 Å². The van der Waals surface area contributed by atoms with Crippen molar-refractivity contribution in [2.75, 3.05) is 6.54 Å². The van der Waals surface area contributed by atoms with Gasteiger partial charge in [0.1, 0.15) is 0 Å². The summed E-state index contributed by atoms with van der Waals surface area (Å²) in [7, 11) is 0. The lowest BCUT2D eigenvalue weighted by Crippen LogP contribution is -2.42. The molecule has 2 nitrogen and oxygen atoms in total. The molecule has 0 unspecified atom stereocenters. The Kier molecular flexibility index (Phi) is 3.35. The molecule has 2 aromatic carbocycles. The van der Waals surface area contributed by atoms with Crippen LogP contribution >= 0.6 is 0 Å². The number of hydrogen-bond donors (Lipinski definition) is 1. The van der Waals surface area contributed by atoms with E-state index in [1.165, 1.54) is 27.7 Å². The highest BCUT2D eigenvalue weighted by Gasteiger charge is 2.36. The van der Waals surface area contributed by atoms with Gasteiger partial charge in [0, 0.05) is 41.6 Å². The van der Waals surface area contributed by atoms with E-state index in [9.17, 15) is 0 Å². The summed E-state index contributed by atoms with van der Waals surface area (Å²) >= 11 is 0. The molecular formula is C21H22N2. The highest BCUT2D eigenvalue weighted by atomic mass is 15.1. The fraction of sp³-hybridized carbons (Fsp3) is 0.238. The van der Waals surface area contributed by atoms with Crippen molar-refractivity contribution in [3.8, 4) is 0 Å². The van der Waals surface area contributed by atoms with E-state index in [1.807, 2.05) is 0 Å². The smallest absolute Gasteiger partial charge is 0.0459 e. The highest BCUT2D eigenvalue weighted by molar-refractivity contribution is 5.86. The number of aromatic amines is 1. The highest BCUT2D eigenvalue weighted by Crippen LogP contribution is 2.39. The predicted molar refractivity (Wildman–Crippen MR) is 96.4 cm³/mol. The molecule has 1 aromatic heterocycles. The number of nitrogens with zero attached hydrogens (tertiary/aromatic N) is 1. The van der Waals surface area contributed by atoms with Gasteiger partial charge in [0.05, 0.1) is 0 Å². The van der Waals surface area contributed by atoms with E-state index in [2.05, 4.69) is 84.1 Å². The Hall–Kier alpha value is -2.32. The molecule has 0 fully saturated rings. The number of fused-ring (bicyclic) bond motifs is 3. The topological polar surface area (TPSA) is 19.0 Å². The molecule has 23 heavy (non-hydrogen) atoms. The normalized spacial score (nSPS) is 21.3. The van der Waals surface area contributed by atoms with Gasteiger partial charge in [-0.05, 0) is 17.2 Å². The zero-order valence-corrected chi connectivity index (χ0v) is 13.5. The van der Waals surface area contributed by atoms with Crippen LogP contribution in [0, 0.1) is 0 Å². The lowest BCUT2D eigenvalue weighted by atomic mass is 9.77. The Bertz CT molecular complexity index is 847. The van der Waals surface area contributed by atoms with Crippen molar-refractivity contribution in [3.05, 3.63) is 84.1 Å². The second kappa shape index (κ2) is 5.39. The van der Waals surface area contributed by atoms with Crippen molar-refractivity contribution in [1.82, 2.24) is 9.88 Å². The minimum absolute atomic E-state index is 0.0258. The Morgan fingerprint density at radius 1 is 1.13 bits per heavy atom. The lowest BCUT2D eigenvalue weighted by Gasteiger charge is -2.39. The maximum absolute atomic E-state index is 4.14. The minimum atomic E-state index is -0.0258. The summed E-state index contributed by atoms with van der Waals surface area (Å²) in [6, 6.07) is 19.3. The molecule has 1 aliphatic heterocycles. The number of rotatable bonds is 3. The summed E-state index contributed by atoms with van der Waals surface area (Å²) in [6.07, 6.45) is 2.11. The Balaban J connectivity index is 1.75. The zero-order valence-electron chi connectivity index (χ0n) is 13.5. The van der Waals surface area contributed by atoms with Crippen LogP contribution in [0.1, 0.15) is 23.7 Å². The number of H-pyrrole nitrogens is 1. The molecule has 3 aromatic rings. The molecule has 0 spiro atoms. The average molecular weight is 302 g/mol. The van der Waals surface area contributed by atoms with Crippen LogP contribution in [-0.4, -0.2) is 16.4 Å². The molecule has 0 bridgehead atoms. The molecule has 0 saturated heterocycles. The first-order valence-corrected chi connectivity index (χ1v) is 8.19. The summed E-state index contributed by atoms with van der Waals surface area (Å²) in [6.45, 7) is 9.38. The number of para-hydroxylation sites is 1. The summed E-state index contributed by atoms with van der Waals surface area (Å²) < 4.78 is 0. The van der Waals surface area contributed by atoms with Gasteiger partial charge in [-0.1, -0.05) is 61.5 Å². The second-order valence-electron chi connectivity index (χ2n) is 6.78. The fourth-order valence-electron chi connectivity index (χ4n) is 3.91. The lowest BCUT2D eigenvalue weighted by molar-refractivity contribution is 0.198. The van der Waals surface area contributed by atoms with Crippen LogP contribution in [0.4, 0.5) is 0 Å². The van der Waals surface area contributed by atoms with Crippen molar-refractivity contribution in [3.63, 3.8) is 0 Å². The molecule has 1 atom stereocenters. The third kappa shape index (κ3) is 2.40. The summed E-state index contributed by atoms with van der Waals surface area (Å²) in [5.41, 5.74) is 5.32. The van der Waals surface area contributed by atoms with Crippen molar-refractivity contribution in [2.45, 2.75) is 25.4 Å². The van der Waals surface area contributed by atoms with Gasteiger partial charge in [0.2, 0.25) is 0 Å². The van der Waals surface area contributed by atoms with Gasteiger partial charge < -0.3 is 4.98 Å². The molecule has 116 valence electrons. The van der Waals surface area contributed by atoms with Crippen LogP contribution in [0.2, 0.25) is 0 Å². The minimum Gasteiger partial charge on any atom is -0.357 e. The van der Waals surface area contributed by atoms with Crippen molar-refractivity contribution >= 4 is 10.9 Å². The zero-order chi connectivity index (χ0) is 15.9. The third-order valence-corrected chi connectivity index (χ3v) is 4.99. The van der Waals surface area contributed by atoms with E-state index in [-0.39, 0.29) is 5.41 Å². The van der Waals surface area contributed by atoms with Crippen LogP contribution in [0.3, 0.4) is 0 Å². The number of aromatic nitrogens is 1. The first kappa shape index (κ1) is 14.3. The molecular weight excluding hydrogens is 280 g/mol. The number of hydrogen-bond acceptors (Lipinski definition) is 1. The van der Waals surface area contributed by atoms with E-state index >= 15 is 0 Å². The van der Waals surface area contributed by atoms with Crippen molar-refractivity contribution < 1.29 is 0 Å². The standard InChI is InChI=1S/C21H22N2/c1-3-21(2)15-23(13-16-9-5-4-6-10-16)14-19-20(21)17-11-7-8-12-18(17)22-19/h3-12,22H,1,13-15H2,2H3/t21-/m0/s1. The van der Waals surface area contributed by atoms with Gasteiger partial charge in [-0.2, -0.15) is 0 Å². The van der Waals surface area contributed by atoms with Crippen molar-refractivity contribution in [2.24, 2.45) is 0 Å². The number of benzene rings is 2. The quantitative estimate of drug-likeness (QED) is 0.699. The summed E-state index contributed by atoms with van der Waals surface area (Å²) in [5, 5.41) is 1.34. The van der Waals surface area contributed by atoms with E-state index in [1.54, 1.807) is 0 Å². The van der Waals surface area contributed by atoms with E-state index in [0.717, 1.165) is 19.6 Å². The average Bonchev–Trinajstić information content (AvgIpc) is 2.95. The van der Waals surface area contributed by atoms with E-state index in [4.69, 9.17) is 0 Å². The molecule has 2 heteroatoms. The van der Waals surface area contributed by atoms with Crippen LogP contribution in [0.15, 0.2) is 67.3 Å². The maximum atomic E-state index is 4.14. The Morgan fingerprint density at radius 2 is 1.87 bits per heavy atom. The third-order valence-electron chi connectivity index (χ3n) is 4.99.